The molecule has 1 atom stereocenters. The summed E-state index contributed by atoms with van der Waals surface area (Å²) in [6.07, 6.45) is 3.97. The van der Waals surface area contributed by atoms with Gasteiger partial charge in [0, 0.05) is 36.6 Å². The molecule has 0 bridgehead atoms. The number of nitrogen functional groups attached to an aromatic ring is 1. The predicted octanol–water partition coefficient (Wildman–Crippen LogP) is 3.20. The van der Waals surface area contributed by atoms with Gasteiger partial charge in [-0.3, -0.25) is 10.6 Å². The Morgan fingerprint density at radius 3 is 2.61 bits per heavy atom. The molecule has 3 rings (SSSR count). The van der Waals surface area contributed by atoms with Crippen LogP contribution in [0.5, 0.6) is 0 Å². The van der Waals surface area contributed by atoms with Crippen molar-refractivity contribution in [1.29, 1.82) is 5.41 Å². The molecule has 31 heavy (non-hydrogen) atoms. The van der Waals surface area contributed by atoms with Gasteiger partial charge in [0.1, 0.15) is 0 Å². The van der Waals surface area contributed by atoms with Crippen molar-refractivity contribution in [2.75, 3.05) is 23.8 Å². The molecule has 7 N–H and O–H groups in total. The van der Waals surface area contributed by atoms with E-state index in [2.05, 4.69) is 24.6 Å². The van der Waals surface area contributed by atoms with E-state index in [1.165, 1.54) is 12.4 Å². The van der Waals surface area contributed by atoms with Crippen LogP contribution in [0.2, 0.25) is 0 Å². The zero-order valence-electron chi connectivity index (χ0n) is 18.2. The van der Waals surface area contributed by atoms with Crippen molar-refractivity contribution in [1.82, 2.24) is 4.90 Å². The Morgan fingerprint density at radius 1 is 1.23 bits per heavy atom. The summed E-state index contributed by atoms with van der Waals surface area (Å²) in [7, 11) is 0. The van der Waals surface area contributed by atoms with E-state index in [1.54, 1.807) is 0 Å². The van der Waals surface area contributed by atoms with Gasteiger partial charge < -0.3 is 26.8 Å². The molecular formula is C24H32N6O. The van der Waals surface area contributed by atoms with Gasteiger partial charge in [0.05, 0.1) is 17.8 Å². The molecule has 0 spiro atoms. The normalized spacial score (nSPS) is 18.0. The molecule has 0 saturated carbocycles. The maximum Gasteiger partial charge on any atom is 0.227 e. The highest BCUT2D eigenvalue weighted by molar-refractivity contribution is 6.08. The van der Waals surface area contributed by atoms with E-state index in [4.69, 9.17) is 17.0 Å². The number of likely N-dealkylation sites (tertiary alicyclic amines) is 1. The van der Waals surface area contributed by atoms with Crippen LogP contribution in [0.1, 0.15) is 31.4 Å². The van der Waals surface area contributed by atoms with Crippen molar-refractivity contribution in [2.24, 2.45) is 17.5 Å². The number of anilines is 2. The fourth-order valence-corrected chi connectivity index (χ4v) is 4.31. The standard InChI is InChI=1S/C24H32N6O/c1-24(2)12-18(16-30(24)23(31)10-17-6-4-3-5-7-17)15-28-21-9-8-19(11-22(21)29-27)20(13-25)14-26/h3-9,11,13-14,18,25,28-29H,10,12,15-16,26-27H2,1-2H3/b20-14+,25-13?. The highest BCUT2D eigenvalue weighted by Crippen LogP contribution is 2.34. The number of hydrazine groups is 1. The molecule has 1 amide bonds. The maximum atomic E-state index is 13.0. The third kappa shape index (κ3) is 5.24. The summed E-state index contributed by atoms with van der Waals surface area (Å²) >= 11 is 0. The first kappa shape index (κ1) is 22.4. The minimum Gasteiger partial charge on any atom is -0.404 e. The van der Waals surface area contributed by atoms with Crippen LogP contribution in [-0.4, -0.2) is 35.7 Å². The summed E-state index contributed by atoms with van der Waals surface area (Å²) in [4.78, 5) is 15.0. The summed E-state index contributed by atoms with van der Waals surface area (Å²) in [5.41, 5.74) is 12.2. The second kappa shape index (κ2) is 9.66. The van der Waals surface area contributed by atoms with Crippen LogP contribution in [0.25, 0.3) is 5.57 Å². The van der Waals surface area contributed by atoms with Crippen molar-refractivity contribution in [2.45, 2.75) is 32.2 Å². The van der Waals surface area contributed by atoms with Crippen LogP contribution < -0.4 is 22.3 Å². The molecule has 2 aromatic carbocycles. The number of carbonyl (C=O) groups excluding carboxylic acids is 1. The second-order valence-corrected chi connectivity index (χ2v) is 8.60. The number of allylic oxidation sites excluding steroid dienone is 1. The lowest BCUT2D eigenvalue weighted by molar-refractivity contribution is -0.133. The van der Waals surface area contributed by atoms with Gasteiger partial charge in [-0.05, 0) is 49.4 Å². The lowest BCUT2D eigenvalue weighted by Crippen LogP contribution is -2.43. The minimum absolute atomic E-state index is 0.167. The number of nitrogens with two attached hydrogens (primary N) is 2. The van der Waals surface area contributed by atoms with Gasteiger partial charge in [-0.2, -0.15) is 0 Å². The number of nitrogens with zero attached hydrogens (tertiary/aromatic N) is 1. The fourth-order valence-electron chi connectivity index (χ4n) is 4.31. The lowest BCUT2D eigenvalue weighted by atomic mass is 9.96. The van der Waals surface area contributed by atoms with Gasteiger partial charge in [-0.1, -0.05) is 36.4 Å². The largest absolute Gasteiger partial charge is 0.404 e. The highest BCUT2D eigenvalue weighted by Gasteiger charge is 2.40. The van der Waals surface area contributed by atoms with Gasteiger partial charge in [-0.25, -0.2) is 0 Å². The van der Waals surface area contributed by atoms with E-state index in [-0.39, 0.29) is 11.4 Å². The van der Waals surface area contributed by atoms with Crippen molar-refractivity contribution in [3.8, 4) is 0 Å². The molecule has 0 radical (unpaired) electrons. The summed E-state index contributed by atoms with van der Waals surface area (Å²) in [6, 6.07) is 15.6. The summed E-state index contributed by atoms with van der Waals surface area (Å²) in [6.45, 7) is 5.73. The SMILES string of the molecule is CC1(C)CC(CNc2ccc(/C(C=N)=C/N)cc2NN)CN1C(=O)Cc1ccccc1. The Balaban J connectivity index is 1.65. The molecule has 7 nitrogen and oxygen atoms in total. The second-order valence-electron chi connectivity index (χ2n) is 8.60. The Kier molecular flexibility index (Phi) is 6.97. The molecule has 0 aliphatic carbocycles. The zero-order chi connectivity index (χ0) is 22.4. The third-order valence-corrected chi connectivity index (χ3v) is 5.88. The number of amides is 1. The Hall–Kier alpha value is -3.32. The smallest absolute Gasteiger partial charge is 0.227 e. The molecule has 2 aromatic rings. The van der Waals surface area contributed by atoms with Crippen LogP contribution in [0.15, 0.2) is 54.7 Å². The molecular weight excluding hydrogens is 388 g/mol. The van der Waals surface area contributed by atoms with Crippen molar-refractivity contribution in [3.05, 3.63) is 65.9 Å². The Labute approximate surface area is 184 Å². The first-order valence-electron chi connectivity index (χ1n) is 10.5. The van der Waals surface area contributed by atoms with Crippen LogP contribution in [0, 0.1) is 11.3 Å². The number of hydrogen-bond donors (Lipinski definition) is 5. The lowest BCUT2D eigenvalue weighted by Gasteiger charge is -2.31. The predicted molar refractivity (Wildman–Crippen MR) is 128 cm³/mol. The van der Waals surface area contributed by atoms with Crippen LogP contribution in [0.4, 0.5) is 11.4 Å². The highest BCUT2D eigenvalue weighted by atomic mass is 16.2. The summed E-state index contributed by atoms with van der Waals surface area (Å²) in [5, 5.41) is 10.9. The number of hydrogen-bond acceptors (Lipinski definition) is 6. The molecule has 1 unspecified atom stereocenters. The Bertz CT molecular complexity index is 954. The number of benzene rings is 2. The van der Waals surface area contributed by atoms with Gasteiger partial charge >= 0.3 is 0 Å². The van der Waals surface area contributed by atoms with Gasteiger partial charge in [-0.15, -0.1) is 0 Å². The van der Waals surface area contributed by atoms with E-state index in [1.807, 2.05) is 53.4 Å². The van der Waals surface area contributed by atoms with Crippen molar-refractivity contribution in [3.63, 3.8) is 0 Å². The Morgan fingerprint density at radius 2 is 1.97 bits per heavy atom. The van der Waals surface area contributed by atoms with E-state index < -0.39 is 0 Å². The first-order valence-corrected chi connectivity index (χ1v) is 10.5. The number of nitrogens with one attached hydrogen (secondary N) is 3. The molecule has 164 valence electrons. The van der Waals surface area contributed by atoms with E-state index in [0.717, 1.165) is 42.0 Å². The third-order valence-electron chi connectivity index (χ3n) is 5.88. The topological polar surface area (TPSA) is 120 Å². The maximum absolute atomic E-state index is 13.0. The average molecular weight is 421 g/mol. The molecule has 1 heterocycles. The average Bonchev–Trinajstić information content (AvgIpc) is 3.08. The molecule has 1 aliphatic rings. The molecule has 1 saturated heterocycles. The van der Waals surface area contributed by atoms with Gasteiger partial charge in [0.25, 0.3) is 0 Å². The number of carbonyl (C=O) groups is 1. The van der Waals surface area contributed by atoms with Gasteiger partial charge in [0.15, 0.2) is 0 Å². The molecule has 0 aromatic heterocycles. The monoisotopic (exact) mass is 420 g/mol. The van der Waals surface area contributed by atoms with E-state index in [9.17, 15) is 4.79 Å². The van der Waals surface area contributed by atoms with Crippen molar-refractivity contribution < 1.29 is 4.79 Å². The minimum atomic E-state index is -0.179. The van der Waals surface area contributed by atoms with E-state index >= 15 is 0 Å². The van der Waals surface area contributed by atoms with Gasteiger partial charge in [0.2, 0.25) is 5.91 Å². The van der Waals surface area contributed by atoms with Crippen LogP contribution in [0.3, 0.4) is 0 Å². The first-order chi connectivity index (χ1) is 14.9. The van der Waals surface area contributed by atoms with Crippen LogP contribution >= 0.6 is 0 Å². The van der Waals surface area contributed by atoms with E-state index in [0.29, 0.717) is 17.9 Å². The number of rotatable bonds is 8. The fraction of sp³-hybridized carbons (Fsp3) is 0.333. The summed E-state index contributed by atoms with van der Waals surface area (Å²) in [5.74, 6) is 6.21. The summed E-state index contributed by atoms with van der Waals surface area (Å²) < 4.78 is 0. The quantitative estimate of drug-likeness (QED) is 0.255. The van der Waals surface area contributed by atoms with Crippen LogP contribution in [-0.2, 0) is 11.2 Å². The molecule has 1 aliphatic heterocycles. The molecule has 1 fully saturated rings. The molecule has 7 heteroatoms. The van der Waals surface area contributed by atoms with Crippen molar-refractivity contribution >= 4 is 29.1 Å². The zero-order valence-corrected chi connectivity index (χ0v) is 18.2.